The van der Waals surface area contributed by atoms with E-state index in [0.29, 0.717) is 6.54 Å². The Labute approximate surface area is 145 Å². The van der Waals surface area contributed by atoms with Gasteiger partial charge in [0.15, 0.2) is 0 Å². The van der Waals surface area contributed by atoms with Gasteiger partial charge in [0, 0.05) is 25.4 Å². The lowest BCUT2D eigenvalue weighted by atomic mass is 9.62. The average Bonchev–Trinajstić information content (AvgIpc) is 2.71. The summed E-state index contributed by atoms with van der Waals surface area (Å²) in [6.07, 6.45) is 6.19. The van der Waals surface area contributed by atoms with Crippen molar-refractivity contribution in [1.29, 1.82) is 0 Å². The molecule has 0 aromatic rings. The van der Waals surface area contributed by atoms with Gasteiger partial charge in [-0.1, -0.05) is 47.0 Å². The molecule has 1 saturated carbocycles. The van der Waals surface area contributed by atoms with Crippen molar-refractivity contribution in [1.82, 2.24) is 10.2 Å². The Morgan fingerprint density at radius 2 is 1.92 bits per heavy atom. The number of fused-ring (bicyclic) bond motifs is 2. The molecule has 2 fully saturated rings. The zero-order chi connectivity index (χ0) is 18.0. The van der Waals surface area contributed by atoms with Gasteiger partial charge >= 0.3 is 0 Å². The molecule has 1 saturated heterocycles. The summed E-state index contributed by atoms with van der Waals surface area (Å²) in [4.78, 5) is 38.8. The lowest BCUT2D eigenvalue weighted by Gasteiger charge is -2.47. The summed E-state index contributed by atoms with van der Waals surface area (Å²) in [6, 6.07) is 0. The molecule has 2 atom stereocenters. The number of carbonyl (C=O) groups excluding carboxylic acids is 3. The van der Waals surface area contributed by atoms with E-state index in [1.54, 1.807) is 0 Å². The summed E-state index contributed by atoms with van der Waals surface area (Å²) >= 11 is 0. The van der Waals surface area contributed by atoms with Crippen molar-refractivity contribution >= 4 is 17.7 Å². The first kappa shape index (κ1) is 18.9. The van der Waals surface area contributed by atoms with Gasteiger partial charge in [-0.25, -0.2) is 0 Å². The predicted molar refractivity (Wildman–Crippen MR) is 93.1 cm³/mol. The Hall–Kier alpha value is -1.39. The van der Waals surface area contributed by atoms with Gasteiger partial charge in [0.1, 0.15) is 0 Å². The summed E-state index contributed by atoms with van der Waals surface area (Å²) in [5.41, 5.74) is -0.776. The highest BCUT2D eigenvalue weighted by atomic mass is 16.2. The Balaban J connectivity index is 1.86. The first-order chi connectivity index (χ1) is 11.3. The molecule has 3 amide bonds. The number of hydrogen-bond acceptors (Lipinski definition) is 3. The number of nitrogens with zero attached hydrogens (tertiary/aromatic N) is 1. The Morgan fingerprint density at radius 3 is 2.58 bits per heavy atom. The molecule has 24 heavy (non-hydrogen) atoms. The van der Waals surface area contributed by atoms with Crippen molar-refractivity contribution in [3.05, 3.63) is 0 Å². The summed E-state index contributed by atoms with van der Waals surface area (Å²) in [5.74, 6) is -0.357. The van der Waals surface area contributed by atoms with E-state index in [4.69, 9.17) is 0 Å². The second-order valence-electron chi connectivity index (χ2n) is 8.10. The molecule has 136 valence electrons. The highest BCUT2D eigenvalue weighted by molar-refractivity contribution is 6.04. The number of amides is 3. The van der Waals surface area contributed by atoms with Crippen LogP contribution in [0.25, 0.3) is 0 Å². The quantitative estimate of drug-likeness (QED) is 0.547. The molecule has 1 heterocycles. The van der Waals surface area contributed by atoms with Crippen LogP contribution in [0, 0.1) is 16.7 Å². The minimum Gasteiger partial charge on any atom is -0.356 e. The molecule has 2 unspecified atom stereocenters. The zero-order valence-corrected chi connectivity index (χ0v) is 15.6. The van der Waals surface area contributed by atoms with Crippen LogP contribution >= 0.6 is 0 Å². The van der Waals surface area contributed by atoms with Gasteiger partial charge in [-0.2, -0.15) is 0 Å². The zero-order valence-electron chi connectivity index (χ0n) is 15.6. The van der Waals surface area contributed by atoms with Crippen LogP contribution < -0.4 is 5.32 Å². The smallest absolute Gasteiger partial charge is 0.235 e. The molecule has 2 aliphatic rings. The van der Waals surface area contributed by atoms with Gasteiger partial charge in [-0.15, -0.1) is 0 Å². The Bertz CT molecular complexity index is 515. The number of unbranched alkanes of at least 4 members (excludes halogenated alkanes) is 3. The number of carbonyl (C=O) groups is 3. The molecule has 5 nitrogen and oxygen atoms in total. The first-order valence-electron chi connectivity index (χ1n) is 9.38. The van der Waals surface area contributed by atoms with Crippen LogP contribution in [0.1, 0.15) is 72.6 Å². The fourth-order valence-corrected chi connectivity index (χ4v) is 4.19. The number of nitrogens with one attached hydrogen (secondary N) is 1. The SMILES string of the molecule is CCCCCCNC(=O)CCN1C(=O)C2CCC(C)(C1=O)C2(C)C. The number of hydrogen-bond donors (Lipinski definition) is 1. The van der Waals surface area contributed by atoms with Crippen LogP contribution in [0.3, 0.4) is 0 Å². The van der Waals surface area contributed by atoms with E-state index in [2.05, 4.69) is 12.2 Å². The molecule has 1 N–H and O–H groups in total. The molecule has 1 aliphatic heterocycles. The number of imide groups is 1. The third-order valence-corrected chi connectivity index (χ3v) is 6.42. The summed E-state index contributed by atoms with van der Waals surface area (Å²) in [7, 11) is 0. The molecule has 0 spiro atoms. The highest BCUT2D eigenvalue weighted by Gasteiger charge is 2.64. The predicted octanol–water partition coefficient (Wildman–Crippen LogP) is 2.88. The van der Waals surface area contributed by atoms with E-state index >= 15 is 0 Å². The Morgan fingerprint density at radius 1 is 1.21 bits per heavy atom. The topological polar surface area (TPSA) is 66.5 Å². The average molecular weight is 336 g/mol. The van der Waals surface area contributed by atoms with Gasteiger partial charge < -0.3 is 5.32 Å². The molecule has 0 radical (unpaired) electrons. The molecule has 0 aromatic heterocycles. The van der Waals surface area contributed by atoms with Crippen LogP contribution in [0.15, 0.2) is 0 Å². The first-order valence-corrected chi connectivity index (χ1v) is 9.38. The van der Waals surface area contributed by atoms with Gasteiger partial charge in [0.25, 0.3) is 0 Å². The lowest BCUT2D eigenvalue weighted by Crippen LogP contribution is -2.59. The van der Waals surface area contributed by atoms with Gasteiger partial charge in [-0.3, -0.25) is 19.3 Å². The maximum Gasteiger partial charge on any atom is 0.235 e. The maximum absolute atomic E-state index is 12.8. The summed E-state index contributed by atoms with van der Waals surface area (Å²) in [5, 5.41) is 2.89. The van der Waals surface area contributed by atoms with E-state index in [1.807, 2.05) is 20.8 Å². The molecule has 5 heteroatoms. The third-order valence-electron chi connectivity index (χ3n) is 6.42. The summed E-state index contributed by atoms with van der Waals surface area (Å²) in [6.45, 7) is 9.07. The third kappa shape index (κ3) is 3.22. The van der Waals surface area contributed by atoms with Crippen LogP contribution in [0.2, 0.25) is 0 Å². The van der Waals surface area contributed by atoms with E-state index in [1.165, 1.54) is 17.7 Å². The minimum atomic E-state index is -0.484. The van der Waals surface area contributed by atoms with E-state index in [0.717, 1.165) is 25.7 Å². The van der Waals surface area contributed by atoms with Gasteiger partial charge in [-0.05, 0) is 24.7 Å². The van der Waals surface area contributed by atoms with Crippen molar-refractivity contribution in [3.63, 3.8) is 0 Å². The highest BCUT2D eigenvalue weighted by Crippen LogP contribution is 2.59. The van der Waals surface area contributed by atoms with Crippen molar-refractivity contribution in [2.45, 2.75) is 72.6 Å². The number of likely N-dealkylation sites (tertiary alicyclic amines) is 1. The van der Waals surface area contributed by atoms with Crippen molar-refractivity contribution < 1.29 is 14.4 Å². The Kier molecular flexibility index (Phi) is 5.71. The monoisotopic (exact) mass is 336 g/mol. The van der Waals surface area contributed by atoms with Crippen molar-refractivity contribution in [2.75, 3.05) is 13.1 Å². The normalized spacial score (nSPS) is 28.3. The van der Waals surface area contributed by atoms with Gasteiger partial charge in [0.05, 0.1) is 5.41 Å². The molecular formula is C19H32N2O3. The molecule has 0 aromatic carbocycles. The van der Waals surface area contributed by atoms with E-state index in [-0.39, 0.29) is 42.0 Å². The molecule has 1 aliphatic carbocycles. The van der Waals surface area contributed by atoms with Crippen molar-refractivity contribution in [3.8, 4) is 0 Å². The van der Waals surface area contributed by atoms with Crippen LogP contribution in [0.4, 0.5) is 0 Å². The molecule has 2 rings (SSSR count). The largest absolute Gasteiger partial charge is 0.356 e. The molecular weight excluding hydrogens is 304 g/mol. The fraction of sp³-hybridized carbons (Fsp3) is 0.842. The van der Waals surface area contributed by atoms with Gasteiger partial charge in [0.2, 0.25) is 17.7 Å². The minimum absolute atomic E-state index is 0.0746. The van der Waals surface area contributed by atoms with Crippen LogP contribution in [-0.4, -0.2) is 35.7 Å². The maximum atomic E-state index is 12.8. The van der Waals surface area contributed by atoms with E-state index < -0.39 is 5.41 Å². The number of piperidine rings is 1. The molecule has 2 bridgehead atoms. The second-order valence-corrected chi connectivity index (χ2v) is 8.10. The van der Waals surface area contributed by atoms with Crippen molar-refractivity contribution in [2.24, 2.45) is 16.7 Å². The van der Waals surface area contributed by atoms with Crippen LogP contribution in [0.5, 0.6) is 0 Å². The number of rotatable bonds is 8. The van der Waals surface area contributed by atoms with E-state index in [9.17, 15) is 14.4 Å². The summed E-state index contributed by atoms with van der Waals surface area (Å²) < 4.78 is 0. The lowest BCUT2D eigenvalue weighted by molar-refractivity contribution is -0.167. The van der Waals surface area contributed by atoms with Crippen LogP contribution in [-0.2, 0) is 14.4 Å². The second kappa shape index (κ2) is 7.24. The fourth-order valence-electron chi connectivity index (χ4n) is 4.19. The standard InChI is InChI=1S/C19H32N2O3/c1-5-6-7-8-12-20-15(22)10-13-21-16(23)14-9-11-19(4,17(21)24)18(14,2)3/h14H,5-13H2,1-4H3,(H,20,22).